The van der Waals surface area contributed by atoms with Crippen molar-refractivity contribution in [3.63, 3.8) is 0 Å². The molecule has 0 spiro atoms. The predicted octanol–water partition coefficient (Wildman–Crippen LogP) is 1.79. The number of halogens is 1. The zero-order valence-electron chi connectivity index (χ0n) is 10.5. The van der Waals surface area contributed by atoms with Gasteiger partial charge in [0.1, 0.15) is 6.33 Å². The lowest BCUT2D eigenvalue weighted by Crippen LogP contribution is -2.51. The number of nitrogens with zero attached hydrogens (tertiary/aromatic N) is 3. The van der Waals surface area contributed by atoms with Gasteiger partial charge in [-0.3, -0.25) is 4.79 Å². The van der Waals surface area contributed by atoms with Crippen LogP contribution in [0.3, 0.4) is 0 Å². The first-order valence-corrected chi connectivity index (χ1v) is 6.65. The van der Waals surface area contributed by atoms with Crippen molar-refractivity contribution in [2.75, 3.05) is 18.0 Å². The van der Waals surface area contributed by atoms with Crippen LogP contribution in [0.1, 0.15) is 37.3 Å². The maximum Gasteiger partial charge on any atom is 0.310 e. The minimum atomic E-state index is -0.832. The summed E-state index contributed by atoms with van der Waals surface area (Å²) in [6, 6.07) is 0. The molecule has 1 saturated heterocycles. The van der Waals surface area contributed by atoms with Crippen LogP contribution in [0.4, 0.5) is 10.2 Å². The first kappa shape index (κ1) is 12.3. The summed E-state index contributed by atoms with van der Waals surface area (Å²) >= 11 is 0. The Bertz CT molecular complexity index is 497. The number of carboxylic acid groups (broad SMARTS) is 1. The largest absolute Gasteiger partial charge is 0.481 e. The van der Waals surface area contributed by atoms with Crippen LogP contribution in [0.2, 0.25) is 0 Å². The maximum atomic E-state index is 14.4. The molecule has 0 bridgehead atoms. The molecule has 1 aliphatic carbocycles. The number of hydrogen-bond donors (Lipinski definition) is 1. The Balaban J connectivity index is 1.79. The van der Waals surface area contributed by atoms with Gasteiger partial charge in [-0.1, -0.05) is 12.8 Å². The zero-order valence-corrected chi connectivity index (χ0v) is 10.5. The average molecular weight is 265 g/mol. The van der Waals surface area contributed by atoms with Gasteiger partial charge in [-0.2, -0.15) is 0 Å². The first-order valence-electron chi connectivity index (χ1n) is 6.65. The second-order valence-electron chi connectivity index (χ2n) is 5.32. The predicted molar refractivity (Wildman–Crippen MR) is 66.5 cm³/mol. The number of aliphatic carboxylic acids is 1. The molecule has 1 N–H and O–H groups in total. The molecule has 1 aromatic rings. The number of carboxylic acids is 1. The lowest BCUT2D eigenvalue weighted by Gasteiger charge is -2.37. The highest BCUT2D eigenvalue weighted by atomic mass is 19.1. The summed E-state index contributed by atoms with van der Waals surface area (Å²) < 4.78 is 14.4. The molecule has 3 rings (SSSR count). The van der Waals surface area contributed by atoms with Crippen molar-refractivity contribution in [1.82, 2.24) is 9.97 Å². The fraction of sp³-hybridized carbons (Fsp3) is 0.615. The molecular formula is C13H16FN3O2. The summed E-state index contributed by atoms with van der Waals surface area (Å²) in [6.07, 6.45) is 5.58. The molecule has 5 nitrogen and oxygen atoms in total. The van der Waals surface area contributed by atoms with E-state index in [4.69, 9.17) is 5.11 Å². The van der Waals surface area contributed by atoms with Crippen LogP contribution in [0.5, 0.6) is 0 Å². The van der Waals surface area contributed by atoms with E-state index >= 15 is 0 Å². The smallest absolute Gasteiger partial charge is 0.310 e. The van der Waals surface area contributed by atoms with E-state index in [0.717, 1.165) is 25.7 Å². The molecule has 2 aliphatic rings. The summed E-state index contributed by atoms with van der Waals surface area (Å²) in [5, 5.41) is 8.84. The van der Waals surface area contributed by atoms with Crippen molar-refractivity contribution in [3.05, 3.63) is 17.8 Å². The quantitative estimate of drug-likeness (QED) is 0.902. The third-order valence-corrected chi connectivity index (χ3v) is 4.07. The Hall–Kier alpha value is -1.72. The van der Waals surface area contributed by atoms with Gasteiger partial charge in [0, 0.05) is 19.0 Å². The molecule has 0 atom stereocenters. The molecule has 2 heterocycles. The van der Waals surface area contributed by atoms with Crippen LogP contribution in [0.15, 0.2) is 6.33 Å². The molecular weight excluding hydrogens is 249 g/mol. The lowest BCUT2D eigenvalue weighted by atomic mass is 9.99. The SMILES string of the molecule is O=C(O)C1CN(c2ncnc(C3CCCC3)c2F)C1. The summed E-state index contributed by atoms with van der Waals surface area (Å²) in [5.41, 5.74) is 0.501. The Morgan fingerprint density at radius 2 is 2.00 bits per heavy atom. The summed E-state index contributed by atoms with van der Waals surface area (Å²) in [6.45, 7) is 0.654. The number of aromatic nitrogens is 2. The molecule has 19 heavy (non-hydrogen) atoms. The lowest BCUT2D eigenvalue weighted by molar-refractivity contribution is -0.142. The summed E-state index contributed by atoms with van der Waals surface area (Å²) in [7, 11) is 0. The Morgan fingerprint density at radius 1 is 1.32 bits per heavy atom. The average Bonchev–Trinajstić information content (AvgIpc) is 2.82. The van der Waals surface area contributed by atoms with E-state index in [2.05, 4.69) is 9.97 Å². The van der Waals surface area contributed by atoms with E-state index in [1.165, 1.54) is 6.33 Å². The van der Waals surface area contributed by atoms with Gasteiger partial charge < -0.3 is 10.0 Å². The van der Waals surface area contributed by atoms with Gasteiger partial charge in [0.2, 0.25) is 0 Å². The Kier molecular flexibility index (Phi) is 3.08. The van der Waals surface area contributed by atoms with E-state index in [-0.39, 0.29) is 17.6 Å². The van der Waals surface area contributed by atoms with Crippen molar-refractivity contribution in [2.45, 2.75) is 31.6 Å². The van der Waals surface area contributed by atoms with Gasteiger partial charge in [-0.15, -0.1) is 0 Å². The van der Waals surface area contributed by atoms with Crippen LogP contribution >= 0.6 is 0 Å². The van der Waals surface area contributed by atoms with E-state index < -0.39 is 11.9 Å². The van der Waals surface area contributed by atoms with Gasteiger partial charge >= 0.3 is 5.97 Å². The van der Waals surface area contributed by atoms with Crippen LogP contribution in [-0.4, -0.2) is 34.1 Å². The Labute approximate surface area is 110 Å². The third-order valence-electron chi connectivity index (χ3n) is 4.07. The number of carbonyl (C=O) groups is 1. The van der Waals surface area contributed by atoms with Crippen molar-refractivity contribution in [3.8, 4) is 0 Å². The molecule has 0 radical (unpaired) electrons. The minimum Gasteiger partial charge on any atom is -0.481 e. The van der Waals surface area contributed by atoms with Crippen LogP contribution in [0, 0.1) is 11.7 Å². The first-order chi connectivity index (χ1) is 9.16. The molecule has 102 valence electrons. The van der Waals surface area contributed by atoms with Gasteiger partial charge in [-0.05, 0) is 12.8 Å². The maximum absolute atomic E-state index is 14.4. The van der Waals surface area contributed by atoms with Crippen molar-refractivity contribution in [1.29, 1.82) is 0 Å². The monoisotopic (exact) mass is 265 g/mol. The molecule has 6 heteroatoms. The molecule has 2 fully saturated rings. The highest BCUT2D eigenvalue weighted by Crippen LogP contribution is 2.36. The number of hydrogen-bond acceptors (Lipinski definition) is 4. The van der Waals surface area contributed by atoms with Crippen LogP contribution in [-0.2, 0) is 4.79 Å². The highest BCUT2D eigenvalue weighted by Gasteiger charge is 2.36. The molecule has 0 aromatic carbocycles. The molecule has 1 aromatic heterocycles. The van der Waals surface area contributed by atoms with Crippen LogP contribution < -0.4 is 4.90 Å². The topological polar surface area (TPSA) is 66.3 Å². The molecule has 0 unspecified atom stereocenters. The normalized spacial score (nSPS) is 20.6. The molecule has 1 saturated carbocycles. The van der Waals surface area contributed by atoms with Gasteiger partial charge in [0.15, 0.2) is 11.6 Å². The second kappa shape index (κ2) is 4.75. The molecule has 1 aliphatic heterocycles. The van der Waals surface area contributed by atoms with Gasteiger partial charge in [0.25, 0.3) is 0 Å². The van der Waals surface area contributed by atoms with Crippen molar-refractivity contribution >= 4 is 11.8 Å². The minimum absolute atomic E-state index is 0.193. The summed E-state index contributed by atoms with van der Waals surface area (Å²) in [4.78, 5) is 20.5. The fourth-order valence-corrected chi connectivity index (χ4v) is 2.89. The third kappa shape index (κ3) is 2.15. The number of rotatable bonds is 3. The van der Waals surface area contributed by atoms with E-state index in [0.29, 0.717) is 18.8 Å². The fourth-order valence-electron chi connectivity index (χ4n) is 2.89. The van der Waals surface area contributed by atoms with Gasteiger partial charge in [-0.25, -0.2) is 14.4 Å². The van der Waals surface area contributed by atoms with Crippen molar-refractivity contribution < 1.29 is 14.3 Å². The van der Waals surface area contributed by atoms with E-state index in [9.17, 15) is 9.18 Å². The van der Waals surface area contributed by atoms with Crippen LogP contribution in [0.25, 0.3) is 0 Å². The second-order valence-corrected chi connectivity index (χ2v) is 5.32. The van der Waals surface area contributed by atoms with Gasteiger partial charge in [0.05, 0.1) is 11.6 Å². The highest BCUT2D eigenvalue weighted by molar-refractivity contribution is 5.74. The van der Waals surface area contributed by atoms with E-state index in [1.807, 2.05) is 0 Å². The summed E-state index contributed by atoms with van der Waals surface area (Å²) in [5.74, 6) is -1.16. The molecule has 0 amide bonds. The van der Waals surface area contributed by atoms with E-state index in [1.54, 1.807) is 4.90 Å². The zero-order chi connectivity index (χ0) is 13.4. The standard InChI is InChI=1S/C13H16FN3O2/c14-10-11(8-3-1-2-4-8)15-7-16-12(10)17-5-9(6-17)13(18)19/h7-9H,1-6H2,(H,18,19). The number of anilines is 1. The van der Waals surface area contributed by atoms with Crippen molar-refractivity contribution in [2.24, 2.45) is 5.92 Å². The Morgan fingerprint density at radius 3 is 2.63 bits per heavy atom.